The predicted octanol–water partition coefficient (Wildman–Crippen LogP) is 5.69. The summed E-state index contributed by atoms with van der Waals surface area (Å²) < 4.78 is 0.940. The van der Waals surface area contributed by atoms with Gasteiger partial charge in [-0.25, -0.2) is 0 Å². The van der Waals surface area contributed by atoms with Crippen LogP contribution in [0.15, 0.2) is 59.1 Å². The molecule has 2 N–H and O–H groups in total. The molecule has 0 aliphatic carbocycles. The van der Waals surface area contributed by atoms with Crippen molar-refractivity contribution in [1.29, 1.82) is 0 Å². The molecule has 0 aromatic heterocycles. The molecular formula is C19H14BrClN2OS. The van der Waals surface area contributed by atoms with Gasteiger partial charge in [0.15, 0.2) is 5.11 Å². The van der Waals surface area contributed by atoms with Gasteiger partial charge in [0.25, 0.3) is 5.91 Å². The molecule has 0 fully saturated rings. The van der Waals surface area contributed by atoms with Crippen molar-refractivity contribution in [2.24, 2.45) is 0 Å². The van der Waals surface area contributed by atoms with E-state index in [4.69, 9.17) is 23.8 Å². The fourth-order valence-electron chi connectivity index (χ4n) is 2.52. The van der Waals surface area contributed by atoms with Crippen LogP contribution in [0, 0.1) is 6.92 Å². The number of carbonyl (C=O) groups excluding carboxylic acids is 1. The quantitative estimate of drug-likeness (QED) is 0.510. The van der Waals surface area contributed by atoms with Crippen LogP contribution in [0.3, 0.4) is 0 Å². The molecule has 0 atom stereocenters. The Bertz CT molecular complexity index is 990. The smallest absolute Gasteiger partial charge is 0.258 e. The molecule has 0 spiro atoms. The van der Waals surface area contributed by atoms with E-state index in [0.29, 0.717) is 10.6 Å². The van der Waals surface area contributed by atoms with Gasteiger partial charge >= 0.3 is 0 Å². The van der Waals surface area contributed by atoms with Gasteiger partial charge < -0.3 is 5.32 Å². The van der Waals surface area contributed by atoms with Crippen molar-refractivity contribution < 1.29 is 4.79 Å². The maximum absolute atomic E-state index is 12.6. The van der Waals surface area contributed by atoms with E-state index < -0.39 is 0 Å². The lowest BCUT2D eigenvalue weighted by molar-refractivity contribution is 0.0979. The molecule has 126 valence electrons. The van der Waals surface area contributed by atoms with Gasteiger partial charge in [0.1, 0.15) is 0 Å². The lowest BCUT2D eigenvalue weighted by Crippen LogP contribution is -2.34. The highest BCUT2D eigenvalue weighted by Gasteiger charge is 2.13. The Balaban J connectivity index is 1.82. The van der Waals surface area contributed by atoms with Gasteiger partial charge in [-0.3, -0.25) is 10.1 Å². The predicted molar refractivity (Wildman–Crippen MR) is 112 cm³/mol. The lowest BCUT2D eigenvalue weighted by atomic mass is 10.0. The molecule has 3 rings (SSSR count). The number of nitrogens with one attached hydrogen (secondary N) is 2. The summed E-state index contributed by atoms with van der Waals surface area (Å²) in [5, 5.41) is 8.40. The van der Waals surface area contributed by atoms with Gasteiger partial charge in [-0.1, -0.05) is 57.9 Å². The first-order valence-electron chi connectivity index (χ1n) is 7.51. The Morgan fingerprint density at radius 3 is 2.60 bits per heavy atom. The Morgan fingerprint density at radius 1 is 1.08 bits per heavy atom. The van der Waals surface area contributed by atoms with E-state index in [-0.39, 0.29) is 11.0 Å². The normalized spacial score (nSPS) is 10.5. The van der Waals surface area contributed by atoms with Crippen LogP contribution in [0.25, 0.3) is 10.8 Å². The number of anilines is 1. The van der Waals surface area contributed by atoms with Crippen LogP contribution < -0.4 is 10.6 Å². The first-order chi connectivity index (χ1) is 12.0. The van der Waals surface area contributed by atoms with Crippen molar-refractivity contribution >= 4 is 67.2 Å². The minimum atomic E-state index is -0.263. The molecule has 3 nitrogen and oxygen atoms in total. The van der Waals surface area contributed by atoms with Crippen molar-refractivity contribution in [1.82, 2.24) is 5.32 Å². The second-order valence-corrected chi connectivity index (χ2v) is 7.21. The third-order valence-electron chi connectivity index (χ3n) is 3.79. The molecule has 1 amide bonds. The highest BCUT2D eigenvalue weighted by atomic mass is 79.9. The van der Waals surface area contributed by atoms with Crippen molar-refractivity contribution in [2.75, 3.05) is 5.32 Å². The molecule has 0 saturated carbocycles. The zero-order valence-electron chi connectivity index (χ0n) is 13.3. The molecule has 3 aromatic carbocycles. The maximum atomic E-state index is 12.6. The number of halogens is 2. The Kier molecular flexibility index (Phi) is 5.37. The van der Waals surface area contributed by atoms with Crippen molar-refractivity contribution in [3.05, 3.63) is 75.2 Å². The third-order valence-corrected chi connectivity index (χ3v) is 4.92. The van der Waals surface area contributed by atoms with E-state index in [1.54, 1.807) is 18.2 Å². The number of rotatable bonds is 2. The molecule has 0 saturated heterocycles. The monoisotopic (exact) mass is 432 g/mol. The second-order valence-electron chi connectivity index (χ2n) is 5.51. The summed E-state index contributed by atoms with van der Waals surface area (Å²) in [5.41, 5.74) is 2.30. The SMILES string of the molecule is Cc1ccc(Cl)cc1NC(=S)NC(=O)c1cccc2c(Br)cccc12. The molecule has 3 aromatic rings. The van der Waals surface area contributed by atoms with E-state index in [0.717, 1.165) is 26.5 Å². The van der Waals surface area contributed by atoms with Crippen LogP contribution in [0.4, 0.5) is 5.69 Å². The van der Waals surface area contributed by atoms with Gasteiger partial charge in [0.2, 0.25) is 0 Å². The zero-order chi connectivity index (χ0) is 18.0. The molecule has 25 heavy (non-hydrogen) atoms. The third kappa shape index (κ3) is 4.00. The molecule has 0 unspecified atom stereocenters. The highest BCUT2D eigenvalue weighted by Crippen LogP contribution is 2.26. The average molecular weight is 434 g/mol. The maximum Gasteiger partial charge on any atom is 0.258 e. The minimum absolute atomic E-state index is 0.224. The van der Waals surface area contributed by atoms with E-state index in [2.05, 4.69) is 26.6 Å². The molecule has 0 heterocycles. The number of carbonyl (C=O) groups is 1. The fourth-order valence-corrected chi connectivity index (χ4v) is 3.40. The summed E-state index contributed by atoms with van der Waals surface area (Å²) in [6, 6.07) is 16.8. The van der Waals surface area contributed by atoms with Crippen LogP contribution in [-0.4, -0.2) is 11.0 Å². The first kappa shape index (κ1) is 17.9. The fraction of sp³-hybridized carbons (Fsp3) is 0.0526. The van der Waals surface area contributed by atoms with Gasteiger partial charge in [0, 0.05) is 20.7 Å². The standard InChI is InChI=1S/C19H14BrClN2OS/c1-11-8-9-12(21)10-17(11)22-19(25)23-18(24)15-6-2-5-14-13(15)4-3-7-16(14)20/h2-10H,1H3,(H2,22,23,24,25). The molecule has 0 bridgehead atoms. The van der Waals surface area contributed by atoms with Gasteiger partial charge in [0.05, 0.1) is 0 Å². The summed E-state index contributed by atoms with van der Waals surface area (Å²) in [6.45, 7) is 1.94. The Hall–Kier alpha value is -1.95. The van der Waals surface area contributed by atoms with Gasteiger partial charge in [-0.05, 0) is 59.7 Å². The molecular weight excluding hydrogens is 420 g/mol. The first-order valence-corrected chi connectivity index (χ1v) is 9.09. The number of thiocarbonyl (C=S) groups is 1. The molecule has 0 aliphatic heterocycles. The number of amides is 1. The summed E-state index contributed by atoms with van der Waals surface area (Å²) in [4.78, 5) is 12.6. The Morgan fingerprint density at radius 2 is 1.80 bits per heavy atom. The topological polar surface area (TPSA) is 41.1 Å². The number of aryl methyl sites for hydroxylation is 1. The van der Waals surface area contributed by atoms with E-state index in [1.807, 2.05) is 43.3 Å². The number of hydrogen-bond acceptors (Lipinski definition) is 2. The highest BCUT2D eigenvalue weighted by molar-refractivity contribution is 9.10. The van der Waals surface area contributed by atoms with E-state index in [1.165, 1.54) is 0 Å². The van der Waals surface area contributed by atoms with Crippen LogP contribution in [0.2, 0.25) is 5.02 Å². The lowest BCUT2D eigenvalue weighted by Gasteiger charge is -2.13. The summed E-state index contributed by atoms with van der Waals surface area (Å²) in [6.07, 6.45) is 0. The van der Waals surface area contributed by atoms with Gasteiger partial charge in [-0.15, -0.1) is 0 Å². The van der Waals surface area contributed by atoms with E-state index in [9.17, 15) is 4.79 Å². The largest absolute Gasteiger partial charge is 0.332 e. The summed E-state index contributed by atoms with van der Waals surface area (Å²) >= 11 is 14.8. The van der Waals surface area contributed by atoms with Crippen LogP contribution in [0.1, 0.15) is 15.9 Å². The number of hydrogen-bond donors (Lipinski definition) is 2. The van der Waals surface area contributed by atoms with Crippen molar-refractivity contribution in [3.8, 4) is 0 Å². The summed E-state index contributed by atoms with van der Waals surface area (Å²) in [5.74, 6) is -0.263. The average Bonchev–Trinajstić information content (AvgIpc) is 2.58. The van der Waals surface area contributed by atoms with Crippen molar-refractivity contribution in [3.63, 3.8) is 0 Å². The van der Waals surface area contributed by atoms with Gasteiger partial charge in [-0.2, -0.15) is 0 Å². The van der Waals surface area contributed by atoms with Crippen LogP contribution in [-0.2, 0) is 0 Å². The molecule has 0 aliphatic rings. The second kappa shape index (κ2) is 7.52. The zero-order valence-corrected chi connectivity index (χ0v) is 16.4. The number of benzene rings is 3. The van der Waals surface area contributed by atoms with Crippen LogP contribution in [0.5, 0.6) is 0 Å². The van der Waals surface area contributed by atoms with Crippen LogP contribution >= 0.6 is 39.7 Å². The molecule has 6 heteroatoms. The number of fused-ring (bicyclic) bond motifs is 1. The van der Waals surface area contributed by atoms with E-state index >= 15 is 0 Å². The Labute approximate surface area is 164 Å². The van der Waals surface area contributed by atoms with Crippen molar-refractivity contribution in [2.45, 2.75) is 6.92 Å². The molecule has 0 radical (unpaired) electrons. The summed E-state index contributed by atoms with van der Waals surface area (Å²) in [7, 11) is 0. The minimum Gasteiger partial charge on any atom is -0.332 e.